The molecular formula is C14H22BrNO2. The molecule has 1 rings (SSSR count). The van der Waals surface area contributed by atoms with Crippen LogP contribution in [0.15, 0.2) is 28.7 Å². The van der Waals surface area contributed by atoms with E-state index < -0.39 is 0 Å². The standard InChI is InChI=1S/C14H22BrNO2/c1-4-17-9-10(2)18-14(11(3)16)12-6-5-7-13(15)8-12/h5-8,10-11,14H,4,9,16H2,1-3H3. The molecule has 0 aliphatic rings. The molecule has 0 aliphatic carbocycles. The molecule has 3 nitrogen and oxygen atoms in total. The fraction of sp³-hybridized carbons (Fsp3) is 0.571. The maximum atomic E-state index is 6.01. The fourth-order valence-corrected chi connectivity index (χ4v) is 2.18. The normalized spacial score (nSPS) is 16.3. The van der Waals surface area contributed by atoms with Crippen LogP contribution in [-0.4, -0.2) is 25.4 Å². The van der Waals surface area contributed by atoms with Crippen LogP contribution in [0.1, 0.15) is 32.4 Å². The summed E-state index contributed by atoms with van der Waals surface area (Å²) < 4.78 is 12.4. The molecule has 0 fully saturated rings. The maximum absolute atomic E-state index is 6.01. The zero-order chi connectivity index (χ0) is 13.5. The van der Waals surface area contributed by atoms with Gasteiger partial charge in [0.05, 0.1) is 18.8 Å². The van der Waals surface area contributed by atoms with Gasteiger partial charge in [-0.3, -0.25) is 0 Å². The minimum atomic E-state index is -0.113. The van der Waals surface area contributed by atoms with Crippen LogP contribution < -0.4 is 5.73 Å². The summed E-state index contributed by atoms with van der Waals surface area (Å²) in [6.45, 7) is 7.23. The predicted molar refractivity (Wildman–Crippen MR) is 77.6 cm³/mol. The van der Waals surface area contributed by atoms with Crippen molar-refractivity contribution in [1.82, 2.24) is 0 Å². The minimum absolute atomic E-state index is 0.0277. The Kier molecular flexibility index (Phi) is 6.86. The van der Waals surface area contributed by atoms with Crippen LogP contribution >= 0.6 is 15.9 Å². The molecule has 0 aromatic heterocycles. The molecule has 0 heterocycles. The first-order chi connectivity index (χ1) is 8.54. The molecular weight excluding hydrogens is 294 g/mol. The Morgan fingerprint density at radius 1 is 1.33 bits per heavy atom. The highest BCUT2D eigenvalue weighted by atomic mass is 79.9. The van der Waals surface area contributed by atoms with Gasteiger partial charge in [-0.05, 0) is 38.5 Å². The topological polar surface area (TPSA) is 44.5 Å². The van der Waals surface area contributed by atoms with Crippen molar-refractivity contribution in [3.63, 3.8) is 0 Å². The monoisotopic (exact) mass is 315 g/mol. The molecule has 0 amide bonds. The van der Waals surface area contributed by atoms with E-state index in [0.29, 0.717) is 13.2 Å². The van der Waals surface area contributed by atoms with E-state index in [2.05, 4.69) is 15.9 Å². The van der Waals surface area contributed by atoms with E-state index in [1.54, 1.807) is 0 Å². The highest BCUT2D eigenvalue weighted by molar-refractivity contribution is 9.10. The Morgan fingerprint density at radius 3 is 2.61 bits per heavy atom. The van der Waals surface area contributed by atoms with Gasteiger partial charge >= 0.3 is 0 Å². The third-order valence-electron chi connectivity index (χ3n) is 2.59. The van der Waals surface area contributed by atoms with Crippen molar-refractivity contribution in [2.24, 2.45) is 5.73 Å². The molecule has 0 aliphatic heterocycles. The lowest BCUT2D eigenvalue weighted by Gasteiger charge is -2.26. The number of benzene rings is 1. The van der Waals surface area contributed by atoms with Crippen LogP contribution in [0.4, 0.5) is 0 Å². The Labute approximate surface area is 118 Å². The van der Waals surface area contributed by atoms with Gasteiger partial charge in [0.2, 0.25) is 0 Å². The molecule has 0 radical (unpaired) electrons. The van der Waals surface area contributed by atoms with E-state index in [1.807, 2.05) is 45.0 Å². The average molecular weight is 316 g/mol. The molecule has 3 atom stereocenters. The summed E-state index contributed by atoms with van der Waals surface area (Å²) in [5, 5.41) is 0. The molecule has 0 bridgehead atoms. The van der Waals surface area contributed by atoms with Crippen LogP contribution in [-0.2, 0) is 9.47 Å². The highest BCUT2D eigenvalue weighted by Crippen LogP contribution is 2.24. The van der Waals surface area contributed by atoms with Crippen molar-refractivity contribution in [3.8, 4) is 0 Å². The molecule has 1 aromatic rings. The van der Waals surface area contributed by atoms with Gasteiger partial charge in [0.15, 0.2) is 0 Å². The van der Waals surface area contributed by atoms with Crippen LogP contribution in [0, 0.1) is 0 Å². The second-order valence-electron chi connectivity index (χ2n) is 4.44. The summed E-state index contributed by atoms with van der Waals surface area (Å²) in [6, 6.07) is 7.99. The molecule has 18 heavy (non-hydrogen) atoms. The largest absolute Gasteiger partial charge is 0.379 e. The Bertz CT molecular complexity index is 357. The molecule has 1 aromatic carbocycles. The molecule has 2 N–H and O–H groups in total. The first-order valence-electron chi connectivity index (χ1n) is 6.28. The summed E-state index contributed by atoms with van der Waals surface area (Å²) in [5.41, 5.74) is 7.10. The SMILES string of the molecule is CCOCC(C)OC(c1cccc(Br)c1)C(C)N. The molecule has 0 spiro atoms. The zero-order valence-electron chi connectivity index (χ0n) is 11.2. The van der Waals surface area contributed by atoms with Gasteiger partial charge in [0.1, 0.15) is 0 Å². The van der Waals surface area contributed by atoms with Gasteiger partial charge in [0, 0.05) is 17.1 Å². The van der Waals surface area contributed by atoms with E-state index in [0.717, 1.165) is 10.0 Å². The van der Waals surface area contributed by atoms with Crippen LogP contribution in [0.2, 0.25) is 0 Å². The average Bonchev–Trinajstić information content (AvgIpc) is 2.33. The number of ether oxygens (including phenoxy) is 2. The predicted octanol–water partition coefficient (Wildman–Crippen LogP) is 3.28. The first kappa shape index (κ1) is 15.6. The second-order valence-corrected chi connectivity index (χ2v) is 5.36. The van der Waals surface area contributed by atoms with Crippen molar-refractivity contribution >= 4 is 15.9 Å². The van der Waals surface area contributed by atoms with E-state index in [1.165, 1.54) is 0 Å². The third-order valence-corrected chi connectivity index (χ3v) is 3.08. The Balaban J connectivity index is 2.71. The minimum Gasteiger partial charge on any atom is -0.379 e. The molecule has 3 unspecified atom stereocenters. The maximum Gasteiger partial charge on any atom is 0.0978 e. The summed E-state index contributed by atoms with van der Waals surface area (Å²) >= 11 is 3.47. The summed E-state index contributed by atoms with van der Waals surface area (Å²) in [5.74, 6) is 0. The summed E-state index contributed by atoms with van der Waals surface area (Å²) in [4.78, 5) is 0. The molecule has 0 saturated carbocycles. The summed E-state index contributed by atoms with van der Waals surface area (Å²) in [6.07, 6.45) is -0.0853. The van der Waals surface area contributed by atoms with Gasteiger partial charge < -0.3 is 15.2 Å². The van der Waals surface area contributed by atoms with E-state index in [9.17, 15) is 0 Å². The van der Waals surface area contributed by atoms with Crippen LogP contribution in [0.5, 0.6) is 0 Å². The molecule has 102 valence electrons. The van der Waals surface area contributed by atoms with Crippen molar-refractivity contribution in [2.75, 3.05) is 13.2 Å². The van der Waals surface area contributed by atoms with Gasteiger partial charge in [-0.2, -0.15) is 0 Å². The van der Waals surface area contributed by atoms with E-state index in [-0.39, 0.29) is 18.2 Å². The quantitative estimate of drug-likeness (QED) is 0.839. The Hall–Kier alpha value is -0.420. The lowest BCUT2D eigenvalue weighted by Crippen LogP contribution is -2.31. The number of hydrogen-bond acceptors (Lipinski definition) is 3. The first-order valence-corrected chi connectivity index (χ1v) is 7.08. The van der Waals surface area contributed by atoms with Crippen molar-refractivity contribution < 1.29 is 9.47 Å². The van der Waals surface area contributed by atoms with Gasteiger partial charge in [-0.1, -0.05) is 28.1 Å². The number of halogens is 1. The lowest BCUT2D eigenvalue weighted by molar-refractivity contribution is -0.0550. The highest BCUT2D eigenvalue weighted by Gasteiger charge is 2.20. The second kappa shape index (κ2) is 7.89. The third kappa shape index (κ3) is 5.06. The van der Waals surface area contributed by atoms with E-state index >= 15 is 0 Å². The number of hydrogen-bond donors (Lipinski definition) is 1. The lowest BCUT2D eigenvalue weighted by atomic mass is 10.0. The summed E-state index contributed by atoms with van der Waals surface area (Å²) in [7, 11) is 0. The fourth-order valence-electron chi connectivity index (χ4n) is 1.76. The molecule has 4 heteroatoms. The van der Waals surface area contributed by atoms with Crippen LogP contribution in [0.3, 0.4) is 0 Å². The number of nitrogens with two attached hydrogens (primary N) is 1. The van der Waals surface area contributed by atoms with Crippen LogP contribution in [0.25, 0.3) is 0 Å². The number of rotatable bonds is 7. The van der Waals surface area contributed by atoms with Gasteiger partial charge in [-0.15, -0.1) is 0 Å². The van der Waals surface area contributed by atoms with Gasteiger partial charge in [-0.25, -0.2) is 0 Å². The Morgan fingerprint density at radius 2 is 2.06 bits per heavy atom. The smallest absolute Gasteiger partial charge is 0.0978 e. The van der Waals surface area contributed by atoms with Gasteiger partial charge in [0.25, 0.3) is 0 Å². The van der Waals surface area contributed by atoms with Crippen molar-refractivity contribution in [3.05, 3.63) is 34.3 Å². The molecule has 0 saturated heterocycles. The van der Waals surface area contributed by atoms with Crippen molar-refractivity contribution in [1.29, 1.82) is 0 Å². The van der Waals surface area contributed by atoms with Crippen molar-refractivity contribution in [2.45, 2.75) is 39.0 Å². The van der Waals surface area contributed by atoms with E-state index in [4.69, 9.17) is 15.2 Å². The zero-order valence-corrected chi connectivity index (χ0v) is 12.8.